The van der Waals surface area contributed by atoms with Crippen molar-refractivity contribution < 1.29 is 0 Å². The molecule has 0 radical (unpaired) electrons. The van der Waals surface area contributed by atoms with Gasteiger partial charge < -0.3 is 4.40 Å². The Morgan fingerprint density at radius 3 is 3.00 bits per heavy atom. The van der Waals surface area contributed by atoms with Gasteiger partial charge in [-0.25, -0.2) is 4.98 Å². The van der Waals surface area contributed by atoms with Crippen molar-refractivity contribution in [1.29, 1.82) is 0 Å². The lowest BCUT2D eigenvalue weighted by atomic mass is 9.80. The van der Waals surface area contributed by atoms with E-state index in [2.05, 4.69) is 27.7 Å². The number of aromatic nitrogens is 2. The number of rotatable bonds is 1. The van der Waals surface area contributed by atoms with Crippen LogP contribution >= 0.6 is 0 Å². The summed E-state index contributed by atoms with van der Waals surface area (Å²) >= 11 is 0. The van der Waals surface area contributed by atoms with Crippen LogP contribution in [0.25, 0.3) is 5.65 Å². The van der Waals surface area contributed by atoms with Gasteiger partial charge in [-0.15, -0.1) is 0 Å². The lowest BCUT2D eigenvalue weighted by Crippen LogP contribution is -2.10. The molecule has 0 spiro atoms. The molecule has 1 fully saturated rings. The zero-order valence-electron chi connectivity index (χ0n) is 7.48. The van der Waals surface area contributed by atoms with Crippen LogP contribution in [0.4, 0.5) is 0 Å². The van der Waals surface area contributed by atoms with Gasteiger partial charge in [0.1, 0.15) is 5.65 Å². The van der Waals surface area contributed by atoms with Gasteiger partial charge in [0.25, 0.3) is 0 Å². The molecule has 2 aromatic rings. The molecule has 0 amide bonds. The highest BCUT2D eigenvalue weighted by Gasteiger charge is 2.21. The van der Waals surface area contributed by atoms with E-state index >= 15 is 0 Å². The maximum atomic E-state index is 4.38. The van der Waals surface area contributed by atoms with Crippen LogP contribution < -0.4 is 0 Å². The van der Waals surface area contributed by atoms with E-state index in [-0.39, 0.29) is 0 Å². The molecule has 1 aliphatic carbocycles. The van der Waals surface area contributed by atoms with Crippen LogP contribution in [-0.2, 0) is 0 Å². The molecule has 1 saturated carbocycles. The second-order valence-electron chi connectivity index (χ2n) is 3.75. The predicted octanol–water partition coefficient (Wildman–Crippen LogP) is 2.60. The molecule has 0 saturated heterocycles. The van der Waals surface area contributed by atoms with Gasteiger partial charge in [-0.2, -0.15) is 0 Å². The molecule has 0 bridgehead atoms. The summed E-state index contributed by atoms with van der Waals surface area (Å²) < 4.78 is 2.10. The number of fused-ring (bicyclic) bond motifs is 1. The molecule has 2 heteroatoms. The van der Waals surface area contributed by atoms with Crippen LogP contribution in [0.1, 0.15) is 30.7 Å². The Morgan fingerprint density at radius 1 is 1.31 bits per heavy atom. The molecule has 3 rings (SSSR count). The Kier molecular flexibility index (Phi) is 1.42. The van der Waals surface area contributed by atoms with Gasteiger partial charge in [-0.05, 0) is 30.4 Å². The molecule has 2 aromatic heterocycles. The summed E-state index contributed by atoms with van der Waals surface area (Å²) in [5, 5.41) is 0. The molecule has 1 aliphatic rings. The third-order valence-corrected chi connectivity index (χ3v) is 2.99. The van der Waals surface area contributed by atoms with Crippen molar-refractivity contribution >= 4 is 5.65 Å². The highest BCUT2D eigenvalue weighted by atomic mass is 15.0. The van der Waals surface area contributed by atoms with Gasteiger partial charge >= 0.3 is 0 Å². The zero-order chi connectivity index (χ0) is 8.67. The fourth-order valence-electron chi connectivity index (χ4n) is 2.01. The SMILES string of the molecule is c1cc(C2CCC2)c2nccn2c1. The average molecular weight is 172 g/mol. The summed E-state index contributed by atoms with van der Waals surface area (Å²) in [4.78, 5) is 4.38. The minimum absolute atomic E-state index is 0.770. The molecule has 0 aliphatic heterocycles. The first-order valence-corrected chi connectivity index (χ1v) is 4.87. The number of hydrogen-bond acceptors (Lipinski definition) is 1. The summed E-state index contributed by atoms with van der Waals surface area (Å²) in [6.07, 6.45) is 10.0. The van der Waals surface area contributed by atoms with Crippen LogP contribution in [0, 0.1) is 0 Å². The third-order valence-electron chi connectivity index (χ3n) is 2.99. The summed E-state index contributed by atoms with van der Waals surface area (Å²) in [5.41, 5.74) is 2.57. The monoisotopic (exact) mass is 172 g/mol. The highest BCUT2D eigenvalue weighted by Crippen LogP contribution is 2.37. The summed E-state index contributed by atoms with van der Waals surface area (Å²) in [6.45, 7) is 0. The van der Waals surface area contributed by atoms with Crippen LogP contribution in [-0.4, -0.2) is 9.38 Å². The second kappa shape index (κ2) is 2.59. The second-order valence-corrected chi connectivity index (χ2v) is 3.75. The molecule has 0 unspecified atom stereocenters. The Labute approximate surface area is 77.2 Å². The van der Waals surface area contributed by atoms with E-state index in [1.165, 1.54) is 24.8 Å². The third kappa shape index (κ3) is 0.981. The predicted molar refractivity (Wildman–Crippen MR) is 51.8 cm³/mol. The molecule has 0 aromatic carbocycles. The number of imidazole rings is 1. The molecule has 0 atom stereocenters. The fraction of sp³-hybridized carbons (Fsp3) is 0.364. The zero-order valence-corrected chi connectivity index (χ0v) is 7.48. The molecule has 13 heavy (non-hydrogen) atoms. The van der Waals surface area contributed by atoms with Gasteiger partial charge in [-0.3, -0.25) is 0 Å². The number of hydrogen-bond donors (Lipinski definition) is 0. The van der Waals surface area contributed by atoms with Gasteiger partial charge in [-0.1, -0.05) is 12.5 Å². The minimum atomic E-state index is 0.770. The minimum Gasteiger partial charge on any atom is -0.307 e. The normalized spacial score (nSPS) is 17.5. The Morgan fingerprint density at radius 2 is 2.23 bits per heavy atom. The van der Waals surface area contributed by atoms with Crippen molar-refractivity contribution in [2.45, 2.75) is 25.2 Å². The average Bonchev–Trinajstić information content (AvgIpc) is 2.49. The summed E-state index contributed by atoms with van der Waals surface area (Å²) in [6, 6.07) is 4.33. The lowest BCUT2D eigenvalue weighted by molar-refractivity contribution is 0.421. The highest BCUT2D eigenvalue weighted by molar-refractivity contribution is 5.50. The molecule has 2 heterocycles. The van der Waals surface area contributed by atoms with Crippen LogP contribution in [0.3, 0.4) is 0 Å². The first-order chi connectivity index (χ1) is 6.45. The van der Waals surface area contributed by atoms with Crippen LogP contribution in [0.2, 0.25) is 0 Å². The van der Waals surface area contributed by atoms with Crippen molar-refractivity contribution in [2.24, 2.45) is 0 Å². The maximum absolute atomic E-state index is 4.38. The Balaban J connectivity index is 2.20. The van der Waals surface area contributed by atoms with Crippen LogP contribution in [0.5, 0.6) is 0 Å². The van der Waals surface area contributed by atoms with E-state index < -0.39 is 0 Å². The number of pyridine rings is 1. The Hall–Kier alpha value is -1.31. The molecular formula is C11H12N2. The largest absolute Gasteiger partial charge is 0.307 e. The van der Waals surface area contributed by atoms with E-state index in [1.54, 1.807) is 0 Å². The quantitative estimate of drug-likeness (QED) is 0.646. The summed E-state index contributed by atoms with van der Waals surface area (Å²) in [5.74, 6) is 0.770. The van der Waals surface area contributed by atoms with Crippen molar-refractivity contribution in [3.8, 4) is 0 Å². The first-order valence-electron chi connectivity index (χ1n) is 4.87. The van der Waals surface area contributed by atoms with E-state index in [1.807, 2.05) is 12.4 Å². The van der Waals surface area contributed by atoms with E-state index in [0.29, 0.717) is 0 Å². The smallest absolute Gasteiger partial charge is 0.140 e. The van der Waals surface area contributed by atoms with Crippen molar-refractivity contribution in [3.63, 3.8) is 0 Å². The van der Waals surface area contributed by atoms with Crippen molar-refractivity contribution in [2.75, 3.05) is 0 Å². The first kappa shape index (κ1) is 7.13. The molecule has 2 nitrogen and oxygen atoms in total. The molecule has 66 valence electrons. The van der Waals surface area contributed by atoms with Gasteiger partial charge in [0.2, 0.25) is 0 Å². The van der Waals surface area contributed by atoms with Gasteiger partial charge in [0.15, 0.2) is 0 Å². The van der Waals surface area contributed by atoms with E-state index in [0.717, 1.165) is 11.6 Å². The standard InChI is InChI=1S/C11H12N2/c1-3-9(4-1)10-5-2-7-13-8-6-12-11(10)13/h2,5-9H,1,3-4H2. The lowest BCUT2D eigenvalue weighted by Gasteiger charge is -2.25. The van der Waals surface area contributed by atoms with Crippen molar-refractivity contribution in [1.82, 2.24) is 9.38 Å². The van der Waals surface area contributed by atoms with E-state index in [9.17, 15) is 0 Å². The van der Waals surface area contributed by atoms with Gasteiger partial charge in [0, 0.05) is 18.6 Å². The number of nitrogens with zero attached hydrogens (tertiary/aromatic N) is 2. The fourth-order valence-corrected chi connectivity index (χ4v) is 2.01. The maximum Gasteiger partial charge on any atom is 0.140 e. The molecule has 0 N–H and O–H groups in total. The van der Waals surface area contributed by atoms with E-state index in [4.69, 9.17) is 0 Å². The summed E-state index contributed by atoms with van der Waals surface area (Å²) in [7, 11) is 0. The van der Waals surface area contributed by atoms with Gasteiger partial charge in [0.05, 0.1) is 0 Å². The van der Waals surface area contributed by atoms with Crippen molar-refractivity contribution in [3.05, 3.63) is 36.3 Å². The topological polar surface area (TPSA) is 17.3 Å². The Bertz CT molecular complexity index is 426. The van der Waals surface area contributed by atoms with Crippen LogP contribution in [0.15, 0.2) is 30.7 Å². The molecular weight excluding hydrogens is 160 g/mol.